The van der Waals surface area contributed by atoms with Crippen molar-refractivity contribution < 1.29 is 9.53 Å². The first kappa shape index (κ1) is 14.5. The largest absolute Gasteiger partial charge is 0.398 e. The third kappa shape index (κ3) is 4.04. The smallest absolute Gasteiger partial charge is 0.227 e. The lowest BCUT2D eigenvalue weighted by atomic mass is 10.1. The van der Waals surface area contributed by atoms with Crippen LogP contribution in [0.25, 0.3) is 0 Å². The normalized spacial score (nSPS) is 10.7. The molecule has 0 unspecified atom stereocenters. The monoisotopic (exact) mass is 250 g/mol. The Hall–Kier alpha value is -1.55. The van der Waals surface area contributed by atoms with Crippen LogP contribution in [-0.4, -0.2) is 37.1 Å². The Balaban J connectivity index is 2.70. The number of benzene rings is 1. The van der Waals surface area contributed by atoms with E-state index >= 15 is 0 Å². The molecule has 4 nitrogen and oxygen atoms in total. The number of nitrogens with two attached hydrogens (primary N) is 1. The fraction of sp³-hybridized carbons (Fsp3) is 0.500. The van der Waals surface area contributed by atoms with Gasteiger partial charge >= 0.3 is 0 Å². The number of ether oxygens (including phenoxy) is 1. The van der Waals surface area contributed by atoms with Crippen molar-refractivity contribution >= 4 is 11.6 Å². The molecular formula is C14H22N2O2. The van der Waals surface area contributed by atoms with Crippen molar-refractivity contribution in [2.24, 2.45) is 0 Å². The number of para-hydroxylation sites is 1. The topological polar surface area (TPSA) is 55.6 Å². The van der Waals surface area contributed by atoms with Gasteiger partial charge in [-0.15, -0.1) is 0 Å². The highest BCUT2D eigenvalue weighted by Gasteiger charge is 2.17. The molecule has 1 rings (SSSR count). The number of nitrogens with zero attached hydrogens (tertiary/aromatic N) is 1. The van der Waals surface area contributed by atoms with Crippen LogP contribution in [0.5, 0.6) is 0 Å². The summed E-state index contributed by atoms with van der Waals surface area (Å²) in [6.45, 7) is 5.16. The van der Waals surface area contributed by atoms with Gasteiger partial charge in [-0.1, -0.05) is 18.2 Å². The number of amides is 1. The lowest BCUT2D eigenvalue weighted by Crippen LogP contribution is -2.40. The van der Waals surface area contributed by atoms with Gasteiger partial charge < -0.3 is 15.4 Å². The van der Waals surface area contributed by atoms with Crippen LogP contribution >= 0.6 is 0 Å². The Morgan fingerprint density at radius 1 is 1.39 bits per heavy atom. The zero-order valence-electron chi connectivity index (χ0n) is 11.3. The van der Waals surface area contributed by atoms with Crippen LogP contribution in [0.2, 0.25) is 0 Å². The number of nitrogen functional groups attached to an aromatic ring is 1. The highest BCUT2D eigenvalue weighted by Crippen LogP contribution is 2.13. The van der Waals surface area contributed by atoms with Crippen molar-refractivity contribution in [1.29, 1.82) is 0 Å². The molecule has 0 bridgehead atoms. The van der Waals surface area contributed by atoms with E-state index in [2.05, 4.69) is 0 Å². The van der Waals surface area contributed by atoms with E-state index in [1.807, 2.05) is 43.0 Å². The second-order valence-electron chi connectivity index (χ2n) is 4.55. The zero-order valence-corrected chi connectivity index (χ0v) is 11.3. The molecule has 0 aliphatic heterocycles. The average molecular weight is 250 g/mol. The highest BCUT2D eigenvalue weighted by atomic mass is 16.5. The quantitative estimate of drug-likeness (QED) is 0.782. The first-order valence-corrected chi connectivity index (χ1v) is 6.18. The molecule has 0 saturated heterocycles. The van der Waals surface area contributed by atoms with Gasteiger partial charge in [-0.05, 0) is 25.5 Å². The summed E-state index contributed by atoms with van der Waals surface area (Å²) in [4.78, 5) is 14.0. The lowest BCUT2D eigenvalue weighted by Gasteiger charge is -2.26. The Bertz CT molecular complexity index is 391. The average Bonchev–Trinajstić information content (AvgIpc) is 2.32. The van der Waals surface area contributed by atoms with E-state index in [4.69, 9.17) is 10.5 Å². The summed E-state index contributed by atoms with van der Waals surface area (Å²) in [7, 11) is 1.64. The number of hydrogen-bond donors (Lipinski definition) is 1. The van der Waals surface area contributed by atoms with Gasteiger partial charge in [-0.2, -0.15) is 0 Å². The second kappa shape index (κ2) is 7.01. The maximum Gasteiger partial charge on any atom is 0.227 e. The van der Waals surface area contributed by atoms with Gasteiger partial charge in [0.15, 0.2) is 0 Å². The van der Waals surface area contributed by atoms with Crippen LogP contribution in [0.15, 0.2) is 24.3 Å². The molecule has 1 amide bonds. The summed E-state index contributed by atoms with van der Waals surface area (Å²) in [5.74, 6) is 0.0833. The van der Waals surface area contributed by atoms with E-state index < -0.39 is 0 Å². The number of hydrogen-bond acceptors (Lipinski definition) is 3. The second-order valence-corrected chi connectivity index (χ2v) is 4.55. The summed E-state index contributed by atoms with van der Waals surface area (Å²) in [6.07, 6.45) is 0.342. The van der Waals surface area contributed by atoms with Crippen molar-refractivity contribution in [3.8, 4) is 0 Å². The molecule has 0 heterocycles. The van der Waals surface area contributed by atoms with E-state index in [1.165, 1.54) is 0 Å². The minimum Gasteiger partial charge on any atom is -0.398 e. The molecule has 1 aromatic rings. The van der Waals surface area contributed by atoms with E-state index in [9.17, 15) is 4.79 Å². The number of rotatable bonds is 6. The minimum atomic E-state index is 0.0833. The summed E-state index contributed by atoms with van der Waals surface area (Å²) in [5, 5.41) is 0. The summed E-state index contributed by atoms with van der Waals surface area (Å²) in [6, 6.07) is 7.64. The highest BCUT2D eigenvalue weighted by molar-refractivity contribution is 5.80. The fourth-order valence-electron chi connectivity index (χ4n) is 1.82. The first-order chi connectivity index (χ1) is 8.56. The molecule has 100 valence electrons. The third-order valence-corrected chi connectivity index (χ3v) is 2.88. The van der Waals surface area contributed by atoms with Crippen molar-refractivity contribution in [1.82, 2.24) is 4.90 Å². The van der Waals surface area contributed by atoms with Crippen molar-refractivity contribution in [3.05, 3.63) is 29.8 Å². The van der Waals surface area contributed by atoms with Gasteiger partial charge in [0, 0.05) is 25.4 Å². The molecular weight excluding hydrogens is 228 g/mol. The summed E-state index contributed by atoms with van der Waals surface area (Å²) < 4.78 is 5.03. The lowest BCUT2D eigenvalue weighted by molar-refractivity contribution is -0.132. The van der Waals surface area contributed by atoms with E-state index in [1.54, 1.807) is 7.11 Å². The van der Waals surface area contributed by atoms with Crippen LogP contribution in [0.1, 0.15) is 19.4 Å². The van der Waals surface area contributed by atoms with Crippen LogP contribution < -0.4 is 5.73 Å². The van der Waals surface area contributed by atoms with E-state index in [-0.39, 0.29) is 11.9 Å². The molecule has 0 aliphatic carbocycles. The molecule has 1 aromatic carbocycles. The molecule has 0 radical (unpaired) electrons. The van der Waals surface area contributed by atoms with E-state index in [0.29, 0.717) is 25.3 Å². The van der Waals surface area contributed by atoms with Gasteiger partial charge in [-0.3, -0.25) is 4.79 Å². The van der Waals surface area contributed by atoms with Crippen molar-refractivity contribution in [2.45, 2.75) is 26.3 Å². The Kier molecular flexibility index (Phi) is 5.65. The molecule has 0 atom stereocenters. The molecule has 0 aliphatic rings. The molecule has 0 fully saturated rings. The Labute approximate surface area is 109 Å². The first-order valence-electron chi connectivity index (χ1n) is 6.18. The minimum absolute atomic E-state index is 0.0833. The number of carbonyl (C=O) groups is 1. The van der Waals surface area contributed by atoms with Crippen LogP contribution in [0.3, 0.4) is 0 Å². The van der Waals surface area contributed by atoms with Gasteiger partial charge in [0.1, 0.15) is 0 Å². The van der Waals surface area contributed by atoms with Crippen LogP contribution in [0.4, 0.5) is 5.69 Å². The fourth-order valence-corrected chi connectivity index (χ4v) is 1.82. The van der Waals surface area contributed by atoms with Crippen LogP contribution in [0, 0.1) is 0 Å². The maximum atomic E-state index is 12.2. The van der Waals surface area contributed by atoms with Crippen molar-refractivity contribution in [2.75, 3.05) is 26.0 Å². The molecule has 0 saturated carbocycles. The zero-order chi connectivity index (χ0) is 13.5. The Morgan fingerprint density at radius 2 is 2.06 bits per heavy atom. The summed E-state index contributed by atoms with van der Waals surface area (Å²) in [5.41, 5.74) is 7.40. The standard InChI is InChI=1S/C14H22N2O2/c1-11(2)16(8-9-18-3)14(17)10-12-6-4-5-7-13(12)15/h4-7,11H,8-10,15H2,1-3H3. The third-order valence-electron chi connectivity index (χ3n) is 2.88. The van der Waals surface area contributed by atoms with Crippen molar-refractivity contribution in [3.63, 3.8) is 0 Å². The van der Waals surface area contributed by atoms with Gasteiger partial charge in [0.2, 0.25) is 5.91 Å². The predicted molar refractivity (Wildman–Crippen MR) is 73.3 cm³/mol. The summed E-state index contributed by atoms with van der Waals surface area (Å²) >= 11 is 0. The maximum absolute atomic E-state index is 12.2. The van der Waals surface area contributed by atoms with Gasteiger partial charge in [-0.25, -0.2) is 0 Å². The van der Waals surface area contributed by atoms with Gasteiger partial charge in [0.25, 0.3) is 0 Å². The predicted octanol–water partition coefficient (Wildman–Crippen LogP) is 1.69. The molecule has 0 spiro atoms. The molecule has 2 N–H and O–H groups in total. The van der Waals surface area contributed by atoms with Gasteiger partial charge in [0.05, 0.1) is 13.0 Å². The Morgan fingerprint density at radius 3 is 2.61 bits per heavy atom. The molecule has 4 heteroatoms. The number of methoxy groups -OCH3 is 1. The molecule has 18 heavy (non-hydrogen) atoms. The molecule has 0 aromatic heterocycles. The number of anilines is 1. The van der Waals surface area contributed by atoms with Crippen LogP contribution in [-0.2, 0) is 16.0 Å². The van der Waals surface area contributed by atoms with E-state index in [0.717, 1.165) is 5.56 Å². The SMILES string of the molecule is COCCN(C(=O)Cc1ccccc1N)C(C)C. The number of carbonyl (C=O) groups excluding carboxylic acids is 1.